The summed E-state index contributed by atoms with van der Waals surface area (Å²) in [7, 11) is 1.68. The van der Waals surface area contributed by atoms with Crippen LogP contribution in [-0.2, 0) is 9.59 Å². The molecule has 2 heterocycles. The van der Waals surface area contributed by atoms with Crippen LogP contribution in [0.25, 0.3) is 6.08 Å². The van der Waals surface area contributed by atoms with Crippen molar-refractivity contribution in [3.63, 3.8) is 0 Å². The van der Waals surface area contributed by atoms with Gasteiger partial charge in [-0.05, 0) is 67.1 Å². The van der Waals surface area contributed by atoms with Crippen molar-refractivity contribution in [2.45, 2.75) is 11.3 Å². The topological polar surface area (TPSA) is 65.1 Å². The highest BCUT2D eigenvalue weighted by Gasteiger charge is 2.30. The Balaban J connectivity index is 1.11. The number of ether oxygens (including phenoxy) is 1. The average molecular weight is 577 g/mol. The van der Waals surface area contributed by atoms with Gasteiger partial charge in [-0.15, -0.1) is 0 Å². The van der Waals surface area contributed by atoms with Gasteiger partial charge in [-0.25, -0.2) is 0 Å². The highest BCUT2D eigenvalue weighted by Crippen LogP contribution is 2.42. The van der Waals surface area contributed by atoms with Crippen molar-refractivity contribution >= 4 is 52.6 Å². The molecule has 0 atom stereocenters. The molecule has 9 heteroatoms. The molecule has 0 aromatic heterocycles. The molecular weight excluding hydrogens is 544 g/mol. The van der Waals surface area contributed by atoms with E-state index < -0.39 is 0 Å². The number of anilines is 2. The van der Waals surface area contributed by atoms with Crippen LogP contribution >= 0.6 is 23.4 Å². The number of carbonyl (C=O) groups is 2. The molecule has 2 amide bonds. The zero-order valence-electron chi connectivity index (χ0n) is 22.5. The average Bonchev–Trinajstić information content (AvgIpc) is 2.99. The SMILES string of the molecule is COc1ccc(N2CCN(CCCNC(=O)CN3C(=O)/C(=C\c4ccccc4Cl)Sc4ccccc43)CC2)cc1. The van der Waals surface area contributed by atoms with Gasteiger partial charge in [0.2, 0.25) is 5.91 Å². The van der Waals surface area contributed by atoms with Crippen molar-refractivity contribution in [3.05, 3.63) is 88.3 Å². The zero-order chi connectivity index (χ0) is 27.9. The highest BCUT2D eigenvalue weighted by molar-refractivity contribution is 8.04. The normalized spacial score (nSPS) is 16.6. The van der Waals surface area contributed by atoms with Crippen LogP contribution in [0.15, 0.2) is 82.6 Å². The molecule has 0 saturated carbocycles. The summed E-state index contributed by atoms with van der Waals surface area (Å²) in [6, 6.07) is 23.3. The summed E-state index contributed by atoms with van der Waals surface area (Å²) in [6.07, 6.45) is 2.65. The molecular formula is C31H33ClN4O3S. The van der Waals surface area contributed by atoms with E-state index in [4.69, 9.17) is 16.3 Å². The molecule has 0 spiro atoms. The lowest BCUT2D eigenvalue weighted by atomic mass is 10.2. The van der Waals surface area contributed by atoms with Crippen molar-refractivity contribution in [1.82, 2.24) is 10.2 Å². The molecule has 5 rings (SSSR count). The van der Waals surface area contributed by atoms with Crippen LogP contribution in [0.2, 0.25) is 5.02 Å². The maximum absolute atomic E-state index is 13.4. The van der Waals surface area contributed by atoms with Gasteiger partial charge in [-0.2, -0.15) is 0 Å². The lowest BCUT2D eigenvalue weighted by Crippen LogP contribution is -2.47. The molecule has 0 radical (unpaired) electrons. The minimum absolute atomic E-state index is 0.0309. The molecule has 7 nitrogen and oxygen atoms in total. The van der Waals surface area contributed by atoms with E-state index in [2.05, 4.69) is 27.2 Å². The molecule has 1 saturated heterocycles. The Morgan fingerprint density at radius 3 is 2.48 bits per heavy atom. The summed E-state index contributed by atoms with van der Waals surface area (Å²) >= 11 is 7.73. The van der Waals surface area contributed by atoms with Crippen LogP contribution in [0.5, 0.6) is 5.75 Å². The van der Waals surface area contributed by atoms with E-state index in [1.807, 2.05) is 54.6 Å². The van der Waals surface area contributed by atoms with Crippen LogP contribution in [0, 0.1) is 0 Å². The van der Waals surface area contributed by atoms with E-state index in [1.54, 1.807) is 24.2 Å². The Morgan fingerprint density at radius 2 is 1.73 bits per heavy atom. The number of methoxy groups -OCH3 is 1. The van der Waals surface area contributed by atoms with Gasteiger partial charge >= 0.3 is 0 Å². The fourth-order valence-electron chi connectivity index (χ4n) is 4.91. The van der Waals surface area contributed by atoms with Crippen molar-refractivity contribution in [1.29, 1.82) is 0 Å². The lowest BCUT2D eigenvalue weighted by molar-refractivity contribution is -0.122. The van der Waals surface area contributed by atoms with Crippen LogP contribution in [-0.4, -0.2) is 69.6 Å². The number of fused-ring (bicyclic) bond motifs is 1. The summed E-state index contributed by atoms with van der Waals surface area (Å²) in [5.74, 6) is 0.496. The second-order valence-corrected chi connectivity index (χ2v) is 11.2. The van der Waals surface area contributed by atoms with Crippen LogP contribution < -0.4 is 19.9 Å². The van der Waals surface area contributed by atoms with E-state index in [0.717, 1.165) is 61.0 Å². The third-order valence-electron chi connectivity index (χ3n) is 7.11. The summed E-state index contributed by atoms with van der Waals surface area (Å²) < 4.78 is 5.26. The third kappa shape index (κ3) is 6.81. The maximum Gasteiger partial charge on any atom is 0.265 e. The van der Waals surface area contributed by atoms with Crippen molar-refractivity contribution in [2.24, 2.45) is 0 Å². The molecule has 2 aliphatic heterocycles. The first-order valence-corrected chi connectivity index (χ1v) is 14.6. The molecule has 208 valence electrons. The number of para-hydroxylation sites is 1. The number of thioether (sulfide) groups is 1. The lowest BCUT2D eigenvalue weighted by Gasteiger charge is -2.36. The van der Waals surface area contributed by atoms with Crippen LogP contribution in [0.1, 0.15) is 12.0 Å². The Hall–Kier alpha value is -3.46. The molecule has 3 aromatic rings. The molecule has 0 unspecified atom stereocenters. The summed E-state index contributed by atoms with van der Waals surface area (Å²) in [5.41, 5.74) is 2.73. The van der Waals surface area contributed by atoms with E-state index in [1.165, 1.54) is 17.4 Å². The monoisotopic (exact) mass is 576 g/mol. The standard InChI is InChI=1S/C31H33ClN4O3S/c1-39-25-13-11-24(12-14-25)35-19-17-34(18-20-35)16-6-15-33-30(37)22-36-27-9-4-5-10-28(27)40-29(31(36)38)21-23-7-2-3-8-26(23)32/h2-5,7-14,21H,6,15-20,22H2,1H3,(H,33,37)/b29-21+. The molecule has 0 bridgehead atoms. The number of carbonyl (C=O) groups excluding carboxylic acids is 2. The maximum atomic E-state index is 13.4. The second kappa shape index (κ2) is 13.3. The van der Waals surface area contributed by atoms with Gasteiger partial charge in [-0.1, -0.05) is 53.7 Å². The van der Waals surface area contributed by atoms with E-state index >= 15 is 0 Å². The number of rotatable bonds is 9. The smallest absolute Gasteiger partial charge is 0.265 e. The van der Waals surface area contributed by atoms with Gasteiger partial charge in [0.05, 0.1) is 17.7 Å². The number of benzene rings is 3. The third-order valence-corrected chi connectivity index (χ3v) is 8.53. The number of hydrogen-bond acceptors (Lipinski definition) is 6. The molecule has 1 N–H and O–H groups in total. The molecule has 1 fully saturated rings. The number of hydrogen-bond donors (Lipinski definition) is 1. The van der Waals surface area contributed by atoms with Gasteiger partial charge in [0.1, 0.15) is 12.3 Å². The Labute approximate surface area is 244 Å². The summed E-state index contributed by atoms with van der Waals surface area (Å²) in [4.78, 5) is 34.2. The summed E-state index contributed by atoms with van der Waals surface area (Å²) in [6.45, 7) is 5.36. The quantitative estimate of drug-likeness (QED) is 0.280. The molecule has 0 aliphatic carbocycles. The van der Waals surface area contributed by atoms with Gasteiger partial charge in [-0.3, -0.25) is 19.4 Å². The first-order valence-electron chi connectivity index (χ1n) is 13.4. The van der Waals surface area contributed by atoms with Crippen molar-refractivity contribution in [2.75, 3.05) is 62.7 Å². The van der Waals surface area contributed by atoms with E-state index in [0.29, 0.717) is 16.5 Å². The number of amides is 2. The van der Waals surface area contributed by atoms with Gasteiger partial charge in [0.25, 0.3) is 5.91 Å². The van der Waals surface area contributed by atoms with Crippen LogP contribution in [0.3, 0.4) is 0 Å². The first-order chi connectivity index (χ1) is 19.5. The predicted molar refractivity (Wildman–Crippen MR) is 163 cm³/mol. The number of halogens is 1. The molecule has 3 aromatic carbocycles. The summed E-state index contributed by atoms with van der Waals surface area (Å²) in [5, 5.41) is 3.59. The fourth-order valence-corrected chi connectivity index (χ4v) is 6.15. The molecule has 40 heavy (non-hydrogen) atoms. The first kappa shape index (κ1) is 28.1. The largest absolute Gasteiger partial charge is 0.497 e. The van der Waals surface area contributed by atoms with Crippen LogP contribution in [0.4, 0.5) is 11.4 Å². The van der Waals surface area contributed by atoms with Gasteiger partial charge in [0, 0.05) is 48.3 Å². The fraction of sp³-hybridized carbons (Fsp3) is 0.290. The Morgan fingerprint density at radius 1 is 1.00 bits per heavy atom. The van der Waals surface area contributed by atoms with Crippen molar-refractivity contribution < 1.29 is 14.3 Å². The second-order valence-electron chi connectivity index (χ2n) is 9.72. The van der Waals surface area contributed by atoms with E-state index in [-0.39, 0.29) is 18.4 Å². The minimum Gasteiger partial charge on any atom is -0.497 e. The van der Waals surface area contributed by atoms with Gasteiger partial charge in [0.15, 0.2) is 0 Å². The van der Waals surface area contributed by atoms with Gasteiger partial charge < -0.3 is 15.0 Å². The Bertz CT molecular complexity index is 1370. The van der Waals surface area contributed by atoms with E-state index in [9.17, 15) is 9.59 Å². The number of piperazine rings is 1. The predicted octanol–water partition coefficient (Wildman–Crippen LogP) is 5.16. The minimum atomic E-state index is -0.200. The number of nitrogens with one attached hydrogen (secondary N) is 1. The highest BCUT2D eigenvalue weighted by atomic mass is 35.5. The molecule has 2 aliphatic rings. The number of nitrogens with zero attached hydrogens (tertiary/aromatic N) is 3. The van der Waals surface area contributed by atoms with Crippen molar-refractivity contribution in [3.8, 4) is 5.75 Å². The Kier molecular flexibility index (Phi) is 9.31. The zero-order valence-corrected chi connectivity index (χ0v) is 24.1.